The largest absolute Gasteiger partial charge is 0.461 e. The number of hydrogen-bond acceptors (Lipinski definition) is 6. The van der Waals surface area contributed by atoms with Crippen LogP contribution in [0, 0.1) is 0 Å². The van der Waals surface area contributed by atoms with Crippen LogP contribution >= 0.6 is 0 Å². The number of aromatic nitrogens is 1. The number of carbonyl (C=O) groups excluding carboxylic acids is 4. The molecule has 0 radical (unpaired) electrons. The lowest BCUT2D eigenvalue weighted by Gasteiger charge is -2.36. The SMILES string of the molecule is O=C(CCCCCCC(=O)N1CCc2c([nH]c3ccccc23)C1C(=O)N[C@H](C(=O)OC1CCCC1)c1ccccc1)NO. The highest BCUT2D eigenvalue weighted by atomic mass is 16.5. The molecule has 1 aromatic heterocycles. The second-order valence-electron chi connectivity index (χ2n) is 11.4. The quantitative estimate of drug-likeness (QED) is 0.104. The van der Waals surface area contributed by atoms with Gasteiger partial charge < -0.3 is 19.9 Å². The van der Waals surface area contributed by atoms with Crippen LogP contribution in [0.2, 0.25) is 0 Å². The summed E-state index contributed by atoms with van der Waals surface area (Å²) in [4.78, 5) is 57.5. The molecule has 2 atom stereocenters. The molecule has 1 unspecified atom stereocenters. The summed E-state index contributed by atoms with van der Waals surface area (Å²) in [5, 5.41) is 12.6. The van der Waals surface area contributed by atoms with Crippen molar-refractivity contribution in [1.29, 1.82) is 0 Å². The van der Waals surface area contributed by atoms with Crippen LogP contribution in [0.5, 0.6) is 0 Å². The molecular formula is C33H40N4O6. The van der Waals surface area contributed by atoms with E-state index in [2.05, 4.69) is 10.3 Å². The Morgan fingerprint density at radius 2 is 1.63 bits per heavy atom. The Balaban J connectivity index is 1.36. The molecule has 228 valence electrons. The molecule has 2 aromatic carbocycles. The van der Waals surface area contributed by atoms with Gasteiger partial charge >= 0.3 is 5.97 Å². The third-order valence-corrected chi connectivity index (χ3v) is 8.51. The number of aromatic amines is 1. The number of carbonyl (C=O) groups is 4. The van der Waals surface area contributed by atoms with Crippen LogP contribution < -0.4 is 10.8 Å². The van der Waals surface area contributed by atoms with E-state index < -0.39 is 29.9 Å². The van der Waals surface area contributed by atoms with Gasteiger partial charge in [0, 0.05) is 30.3 Å². The molecule has 5 rings (SSSR count). The second kappa shape index (κ2) is 14.3. The van der Waals surface area contributed by atoms with Crippen molar-refractivity contribution in [2.24, 2.45) is 0 Å². The summed E-state index contributed by atoms with van der Waals surface area (Å²) in [5.74, 6) is -1.49. The minimum absolute atomic E-state index is 0.137. The van der Waals surface area contributed by atoms with Crippen molar-refractivity contribution < 1.29 is 29.1 Å². The zero-order valence-corrected chi connectivity index (χ0v) is 24.3. The van der Waals surface area contributed by atoms with Gasteiger partial charge in [-0.2, -0.15) is 0 Å². The molecule has 2 heterocycles. The zero-order valence-electron chi connectivity index (χ0n) is 24.3. The highest BCUT2D eigenvalue weighted by Crippen LogP contribution is 2.36. The number of ether oxygens (including phenoxy) is 1. The molecule has 3 aromatic rings. The van der Waals surface area contributed by atoms with Crippen molar-refractivity contribution in [3.63, 3.8) is 0 Å². The topological polar surface area (TPSA) is 141 Å². The van der Waals surface area contributed by atoms with Crippen LogP contribution in [0.4, 0.5) is 0 Å². The van der Waals surface area contributed by atoms with Gasteiger partial charge in [0.05, 0.1) is 5.69 Å². The lowest BCUT2D eigenvalue weighted by atomic mass is 9.95. The number of fused-ring (bicyclic) bond motifs is 3. The average Bonchev–Trinajstić information content (AvgIpc) is 3.68. The van der Waals surface area contributed by atoms with Crippen molar-refractivity contribution >= 4 is 34.6 Å². The molecule has 0 bridgehead atoms. The Bertz CT molecular complexity index is 1430. The Morgan fingerprint density at radius 3 is 2.37 bits per heavy atom. The number of nitrogens with zero attached hydrogens (tertiary/aromatic N) is 1. The number of para-hydroxylation sites is 1. The average molecular weight is 589 g/mol. The lowest BCUT2D eigenvalue weighted by molar-refractivity contribution is -0.154. The first-order valence-electron chi connectivity index (χ1n) is 15.3. The van der Waals surface area contributed by atoms with Gasteiger partial charge in [-0.15, -0.1) is 0 Å². The summed E-state index contributed by atoms with van der Waals surface area (Å²) in [6.07, 6.45) is 7.34. The minimum Gasteiger partial charge on any atom is -0.461 e. The zero-order chi connectivity index (χ0) is 30.2. The number of amides is 3. The van der Waals surface area contributed by atoms with Gasteiger partial charge in [0.1, 0.15) is 6.10 Å². The number of esters is 1. The van der Waals surface area contributed by atoms with Crippen LogP contribution in [0.1, 0.15) is 93.1 Å². The first-order valence-corrected chi connectivity index (χ1v) is 15.3. The molecule has 3 amide bonds. The van der Waals surface area contributed by atoms with E-state index in [4.69, 9.17) is 9.94 Å². The van der Waals surface area contributed by atoms with E-state index in [9.17, 15) is 19.2 Å². The summed E-state index contributed by atoms with van der Waals surface area (Å²) < 4.78 is 5.83. The van der Waals surface area contributed by atoms with E-state index in [1.165, 1.54) is 0 Å². The van der Waals surface area contributed by atoms with Crippen molar-refractivity contribution in [2.45, 2.75) is 88.8 Å². The molecule has 1 aliphatic heterocycles. The monoisotopic (exact) mass is 588 g/mol. The van der Waals surface area contributed by atoms with Crippen LogP contribution in [0.25, 0.3) is 10.9 Å². The van der Waals surface area contributed by atoms with Gasteiger partial charge in [0.25, 0.3) is 0 Å². The molecule has 0 saturated heterocycles. The fourth-order valence-corrected chi connectivity index (χ4v) is 6.28. The van der Waals surface area contributed by atoms with E-state index in [0.717, 1.165) is 55.0 Å². The predicted molar refractivity (Wildman–Crippen MR) is 160 cm³/mol. The summed E-state index contributed by atoms with van der Waals surface area (Å²) in [6.45, 7) is 0.380. The van der Waals surface area contributed by atoms with Crippen molar-refractivity contribution in [1.82, 2.24) is 20.7 Å². The van der Waals surface area contributed by atoms with Crippen LogP contribution in [-0.2, 0) is 30.3 Å². The van der Waals surface area contributed by atoms with E-state index in [1.54, 1.807) is 22.5 Å². The third kappa shape index (κ3) is 7.25. The predicted octanol–water partition coefficient (Wildman–Crippen LogP) is 4.78. The van der Waals surface area contributed by atoms with Crippen LogP contribution in [0.15, 0.2) is 54.6 Å². The van der Waals surface area contributed by atoms with Gasteiger partial charge in [0.2, 0.25) is 17.7 Å². The first kappa shape index (κ1) is 30.3. The maximum absolute atomic E-state index is 14.2. The summed E-state index contributed by atoms with van der Waals surface area (Å²) >= 11 is 0. The molecule has 2 aliphatic rings. The molecule has 10 nitrogen and oxygen atoms in total. The smallest absolute Gasteiger partial charge is 0.333 e. The minimum atomic E-state index is -1.00. The summed E-state index contributed by atoms with van der Waals surface area (Å²) in [7, 11) is 0. The molecule has 10 heteroatoms. The van der Waals surface area contributed by atoms with E-state index >= 15 is 0 Å². The number of rotatable bonds is 12. The highest BCUT2D eigenvalue weighted by molar-refractivity contribution is 5.95. The van der Waals surface area contributed by atoms with E-state index in [-0.39, 0.29) is 24.9 Å². The first-order chi connectivity index (χ1) is 21.0. The fourth-order valence-electron chi connectivity index (χ4n) is 6.28. The van der Waals surface area contributed by atoms with E-state index in [0.29, 0.717) is 37.1 Å². The molecular weight excluding hydrogens is 548 g/mol. The number of hydroxylamine groups is 1. The van der Waals surface area contributed by atoms with Crippen LogP contribution in [-0.4, -0.2) is 51.4 Å². The molecule has 4 N–H and O–H groups in total. The van der Waals surface area contributed by atoms with Crippen molar-refractivity contribution in [3.05, 3.63) is 71.4 Å². The second-order valence-corrected chi connectivity index (χ2v) is 11.4. The molecule has 1 fully saturated rings. The van der Waals surface area contributed by atoms with Gasteiger partial charge in [-0.25, -0.2) is 10.3 Å². The summed E-state index contributed by atoms with van der Waals surface area (Å²) in [5.41, 5.74) is 4.83. The fraction of sp³-hybridized carbons (Fsp3) is 0.455. The standard InChI is InChI=1S/C33H40N4O6/c38-27(36-42)18-6-1-2-7-19-28(39)37-21-20-25-24-16-10-11-17-26(24)34-30(25)31(37)32(40)35-29(22-12-4-3-5-13-22)33(41)43-23-14-8-9-15-23/h3-5,10-13,16-17,23,29,31,34,42H,1-2,6-9,14-15,18-21H2,(H,35,40)(H,36,38)/t29-,31?/m0/s1. The number of unbranched alkanes of at least 4 members (excludes halogenated alkanes) is 3. The van der Waals surface area contributed by atoms with Crippen LogP contribution in [0.3, 0.4) is 0 Å². The maximum Gasteiger partial charge on any atom is 0.333 e. The Hall–Kier alpha value is -4.18. The van der Waals surface area contributed by atoms with E-state index in [1.807, 2.05) is 42.5 Å². The molecule has 0 spiro atoms. The van der Waals surface area contributed by atoms with Gasteiger partial charge in [-0.3, -0.25) is 19.6 Å². The third-order valence-electron chi connectivity index (χ3n) is 8.51. The van der Waals surface area contributed by atoms with Crippen molar-refractivity contribution in [3.8, 4) is 0 Å². The number of hydrogen-bond donors (Lipinski definition) is 4. The Morgan fingerprint density at radius 1 is 0.930 bits per heavy atom. The Labute approximate surface area is 251 Å². The number of nitrogens with one attached hydrogen (secondary N) is 3. The normalized spacial score (nSPS) is 17.3. The highest BCUT2D eigenvalue weighted by Gasteiger charge is 2.40. The molecule has 1 aliphatic carbocycles. The number of H-pyrrole nitrogens is 1. The Kier molecular flexibility index (Phi) is 10.1. The van der Waals surface area contributed by atoms with Gasteiger partial charge in [-0.05, 0) is 62.1 Å². The number of benzene rings is 2. The van der Waals surface area contributed by atoms with Gasteiger partial charge in [-0.1, -0.05) is 61.4 Å². The maximum atomic E-state index is 14.2. The molecule has 1 saturated carbocycles. The molecule has 43 heavy (non-hydrogen) atoms. The van der Waals surface area contributed by atoms with Crippen molar-refractivity contribution in [2.75, 3.05) is 6.54 Å². The summed E-state index contributed by atoms with van der Waals surface area (Å²) in [6, 6.07) is 15.0. The lowest BCUT2D eigenvalue weighted by Crippen LogP contribution is -2.49. The van der Waals surface area contributed by atoms with Gasteiger partial charge in [0.15, 0.2) is 12.1 Å².